The Morgan fingerprint density at radius 2 is 1.81 bits per heavy atom. The lowest BCUT2D eigenvalue weighted by Gasteiger charge is -2.14. The molecule has 0 saturated carbocycles. The van der Waals surface area contributed by atoms with Crippen molar-refractivity contribution in [1.82, 2.24) is 0 Å². The molecular formula is C20H32O. The molecule has 118 valence electrons. The van der Waals surface area contributed by atoms with Crippen LogP contribution in [0, 0.1) is 26.7 Å². The van der Waals surface area contributed by atoms with Gasteiger partial charge in [-0.25, -0.2) is 0 Å². The van der Waals surface area contributed by atoms with Gasteiger partial charge < -0.3 is 5.11 Å². The van der Waals surface area contributed by atoms with Crippen LogP contribution in [0.25, 0.3) is 0 Å². The first-order chi connectivity index (χ1) is 9.82. The smallest absolute Gasteiger partial charge is 0.121 e. The van der Waals surface area contributed by atoms with E-state index < -0.39 is 0 Å². The highest BCUT2D eigenvalue weighted by Gasteiger charge is 2.09. The van der Waals surface area contributed by atoms with Crippen LogP contribution in [0.2, 0.25) is 0 Å². The third kappa shape index (κ3) is 5.57. The van der Waals surface area contributed by atoms with Crippen LogP contribution >= 0.6 is 0 Å². The molecule has 1 aromatic rings. The van der Waals surface area contributed by atoms with E-state index in [9.17, 15) is 5.11 Å². The molecule has 0 radical (unpaired) electrons. The number of aryl methyl sites for hydroxylation is 2. The lowest BCUT2D eigenvalue weighted by Crippen LogP contribution is -1.99. The molecule has 21 heavy (non-hydrogen) atoms. The van der Waals surface area contributed by atoms with Gasteiger partial charge in [0.1, 0.15) is 5.75 Å². The number of aromatic hydroxyl groups is 1. The minimum absolute atomic E-state index is 0.464. The topological polar surface area (TPSA) is 20.2 Å². The van der Waals surface area contributed by atoms with E-state index in [1.807, 2.05) is 13.8 Å². The van der Waals surface area contributed by atoms with Crippen molar-refractivity contribution in [2.45, 2.75) is 73.6 Å². The summed E-state index contributed by atoms with van der Waals surface area (Å²) in [6.45, 7) is 12.8. The molecule has 0 aliphatic carbocycles. The second kappa shape index (κ2) is 8.26. The van der Waals surface area contributed by atoms with Gasteiger partial charge in [0.15, 0.2) is 0 Å². The summed E-state index contributed by atoms with van der Waals surface area (Å²) < 4.78 is 0. The van der Waals surface area contributed by atoms with Crippen molar-refractivity contribution < 1.29 is 5.11 Å². The Labute approximate surface area is 131 Å². The second-order valence-corrected chi connectivity index (χ2v) is 6.81. The van der Waals surface area contributed by atoms with Crippen LogP contribution in [0.4, 0.5) is 0 Å². The molecule has 0 unspecified atom stereocenters. The first-order valence-electron chi connectivity index (χ1n) is 8.25. The van der Waals surface area contributed by atoms with Gasteiger partial charge in [0.2, 0.25) is 0 Å². The summed E-state index contributed by atoms with van der Waals surface area (Å²) in [4.78, 5) is 0. The maximum absolute atomic E-state index is 9.96. The molecule has 0 aliphatic rings. The molecule has 0 amide bonds. The summed E-state index contributed by atoms with van der Waals surface area (Å²) in [5.74, 6) is 1.26. The minimum atomic E-state index is 0.464. The van der Waals surface area contributed by atoms with E-state index in [4.69, 9.17) is 0 Å². The molecule has 0 bridgehead atoms. The van der Waals surface area contributed by atoms with Gasteiger partial charge >= 0.3 is 0 Å². The lowest BCUT2D eigenvalue weighted by atomic mass is 9.92. The van der Waals surface area contributed by atoms with Crippen LogP contribution in [-0.2, 0) is 6.42 Å². The normalized spacial score (nSPS) is 12.3. The summed E-state index contributed by atoms with van der Waals surface area (Å²) in [5.41, 5.74) is 6.13. The molecule has 0 saturated heterocycles. The summed E-state index contributed by atoms with van der Waals surface area (Å²) in [5, 5.41) is 9.96. The quantitative estimate of drug-likeness (QED) is 0.608. The number of benzene rings is 1. The van der Waals surface area contributed by atoms with Crippen LogP contribution in [0.5, 0.6) is 5.75 Å². The fraction of sp³-hybridized carbons (Fsp3) is 0.600. The fourth-order valence-electron chi connectivity index (χ4n) is 2.85. The van der Waals surface area contributed by atoms with Crippen LogP contribution in [0.1, 0.15) is 68.7 Å². The standard InChI is InChI=1S/C20H32O/c1-14(2)9-7-10-15(3)11-8-12-19-13-16(4)20(21)18(6)17(19)5/h9,13,15,21H,7-8,10-12H2,1-6H3/t15-/m0/s1. The molecule has 0 spiro atoms. The van der Waals surface area contributed by atoms with E-state index >= 15 is 0 Å². The molecule has 0 aliphatic heterocycles. The highest BCUT2D eigenvalue weighted by Crippen LogP contribution is 2.28. The Hall–Kier alpha value is -1.24. The number of hydrogen-bond donors (Lipinski definition) is 1. The highest BCUT2D eigenvalue weighted by atomic mass is 16.3. The SMILES string of the molecule is CC(C)=CCC[C@H](C)CCCc1cc(C)c(O)c(C)c1C. The van der Waals surface area contributed by atoms with Gasteiger partial charge in [0, 0.05) is 0 Å². The number of rotatable bonds is 7. The number of phenolic OH excluding ortho intramolecular Hbond substituents is 1. The fourth-order valence-corrected chi connectivity index (χ4v) is 2.85. The van der Waals surface area contributed by atoms with E-state index in [-0.39, 0.29) is 0 Å². The molecule has 1 nitrogen and oxygen atoms in total. The van der Waals surface area contributed by atoms with Crippen molar-refractivity contribution in [3.05, 3.63) is 40.0 Å². The Bertz CT molecular complexity index is 493. The van der Waals surface area contributed by atoms with Crippen molar-refractivity contribution in [3.63, 3.8) is 0 Å². The van der Waals surface area contributed by atoms with Crippen LogP contribution in [0.15, 0.2) is 17.7 Å². The number of hydrogen-bond acceptors (Lipinski definition) is 1. The third-order valence-corrected chi connectivity index (χ3v) is 4.52. The Morgan fingerprint density at radius 1 is 1.14 bits per heavy atom. The summed E-state index contributed by atoms with van der Waals surface area (Å²) in [7, 11) is 0. The van der Waals surface area contributed by atoms with Crippen LogP contribution in [0.3, 0.4) is 0 Å². The molecule has 0 heterocycles. The van der Waals surface area contributed by atoms with Gasteiger partial charge in [-0.2, -0.15) is 0 Å². The molecule has 0 aromatic heterocycles. The van der Waals surface area contributed by atoms with Crippen molar-refractivity contribution in [2.75, 3.05) is 0 Å². The lowest BCUT2D eigenvalue weighted by molar-refractivity contribution is 0.464. The molecule has 1 aromatic carbocycles. The van der Waals surface area contributed by atoms with Gasteiger partial charge in [0.05, 0.1) is 0 Å². The van der Waals surface area contributed by atoms with Crippen LogP contribution in [-0.4, -0.2) is 5.11 Å². The summed E-state index contributed by atoms with van der Waals surface area (Å²) >= 11 is 0. The zero-order valence-corrected chi connectivity index (χ0v) is 14.7. The zero-order chi connectivity index (χ0) is 16.0. The monoisotopic (exact) mass is 288 g/mol. The minimum Gasteiger partial charge on any atom is -0.507 e. The molecule has 0 fully saturated rings. The molecular weight excluding hydrogens is 256 g/mol. The van der Waals surface area contributed by atoms with Crippen molar-refractivity contribution >= 4 is 0 Å². The van der Waals surface area contributed by atoms with Crippen molar-refractivity contribution in [1.29, 1.82) is 0 Å². The average molecular weight is 288 g/mol. The predicted molar refractivity (Wildman–Crippen MR) is 93.1 cm³/mol. The largest absolute Gasteiger partial charge is 0.507 e. The highest BCUT2D eigenvalue weighted by molar-refractivity contribution is 5.48. The molecule has 1 heteroatoms. The summed E-state index contributed by atoms with van der Waals surface area (Å²) in [6, 6.07) is 2.16. The predicted octanol–water partition coefficient (Wildman–Crippen LogP) is 6.02. The van der Waals surface area contributed by atoms with E-state index in [1.165, 1.54) is 42.4 Å². The van der Waals surface area contributed by atoms with Crippen molar-refractivity contribution in [2.24, 2.45) is 5.92 Å². The van der Waals surface area contributed by atoms with E-state index in [1.54, 1.807) is 0 Å². The first kappa shape index (κ1) is 17.8. The van der Waals surface area contributed by atoms with Gasteiger partial charge in [-0.05, 0) is 88.5 Å². The van der Waals surface area contributed by atoms with E-state index in [0.29, 0.717) is 5.75 Å². The summed E-state index contributed by atoms with van der Waals surface area (Å²) in [6.07, 6.45) is 8.49. The second-order valence-electron chi connectivity index (χ2n) is 6.81. The van der Waals surface area contributed by atoms with E-state index in [0.717, 1.165) is 23.5 Å². The maximum Gasteiger partial charge on any atom is 0.121 e. The average Bonchev–Trinajstić information content (AvgIpc) is 2.41. The van der Waals surface area contributed by atoms with Gasteiger partial charge in [-0.1, -0.05) is 31.1 Å². The first-order valence-corrected chi connectivity index (χ1v) is 8.25. The third-order valence-electron chi connectivity index (χ3n) is 4.52. The Kier molecular flexibility index (Phi) is 7.01. The molecule has 1 atom stereocenters. The Morgan fingerprint density at radius 3 is 2.43 bits per heavy atom. The van der Waals surface area contributed by atoms with Crippen molar-refractivity contribution in [3.8, 4) is 5.75 Å². The zero-order valence-electron chi connectivity index (χ0n) is 14.7. The van der Waals surface area contributed by atoms with Crippen LogP contribution < -0.4 is 0 Å². The number of phenols is 1. The maximum atomic E-state index is 9.96. The van der Waals surface area contributed by atoms with Gasteiger partial charge in [0.25, 0.3) is 0 Å². The van der Waals surface area contributed by atoms with E-state index in [2.05, 4.69) is 39.8 Å². The molecule has 1 rings (SSSR count). The Balaban J connectivity index is 2.48. The molecule has 1 N–H and O–H groups in total. The number of allylic oxidation sites excluding steroid dienone is 2. The van der Waals surface area contributed by atoms with Gasteiger partial charge in [-0.15, -0.1) is 0 Å². The van der Waals surface area contributed by atoms with Gasteiger partial charge in [-0.3, -0.25) is 0 Å².